The Balaban J connectivity index is 4.58. The molecule has 0 aromatic rings. The van der Waals surface area contributed by atoms with Crippen molar-refractivity contribution < 1.29 is 19.1 Å². The molecule has 0 amide bonds. The summed E-state index contributed by atoms with van der Waals surface area (Å²) in [5.74, 6) is -1.17. The topological polar surface area (TPSA) is 76.4 Å². The van der Waals surface area contributed by atoms with Gasteiger partial charge in [-0.15, -0.1) is 0 Å². The minimum absolute atomic E-state index is 0.157. The lowest BCUT2D eigenvalue weighted by atomic mass is 10.1. The van der Waals surface area contributed by atoms with E-state index in [1.54, 1.807) is 13.8 Å². The number of carbonyl (C=O) groups excluding carboxylic acids is 2. The van der Waals surface area contributed by atoms with Crippen LogP contribution in [0.4, 0.5) is 0 Å². The fourth-order valence-electron chi connectivity index (χ4n) is 0.974. The molecule has 0 N–H and O–H groups in total. The molecule has 0 saturated heterocycles. The van der Waals surface area contributed by atoms with Gasteiger partial charge in [0.2, 0.25) is 0 Å². The Morgan fingerprint density at radius 3 is 2.38 bits per heavy atom. The van der Waals surface area contributed by atoms with Gasteiger partial charge in [0.15, 0.2) is 0 Å². The molecule has 0 aromatic carbocycles. The maximum atomic E-state index is 11.4. The molecule has 0 radical (unpaired) electrons. The van der Waals surface area contributed by atoms with E-state index in [1.165, 1.54) is 0 Å². The van der Waals surface area contributed by atoms with E-state index in [1.807, 2.05) is 6.07 Å². The van der Waals surface area contributed by atoms with Crippen LogP contribution in [0.15, 0.2) is 11.6 Å². The molecule has 0 bridgehead atoms. The smallest absolute Gasteiger partial charge is 0.334 e. The van der Waals surface area contributed by atoms with Crippen LogP contribution in [0.5, 0.6) is 0 Å². The summed E-state index contributed by atoms with van der Waals surface area (Å²) in [7, 11) is 0. The van der Waals surface area contributed by atoms with Crippen LogP contribution in [-0.2, 0) is 19.1 Å². The fourth-order valence-corrected chi connectivity index (χ4v) is 0.974. The highest BCUT2D eigenvalue weighted by Gasteiger charge is 2.12. The number of nitrogens with zero attached hydrogens (tertiary/aromatic N) is 1. The average molecular weight is 225 g/mol. The van der Waals surface area contributed by atoms with Gasteiger partial charge in [-0.3, -0.25) is 0 Å². The average Bonchev–Trinajstić information content (AvgIpc) is 2.24. The second kappa shape index (κ2) is 8.48. The molecule has 88 valence electrons. The van der Waals surface area contributed by atoms with E-state index in [9.17, 15) is 9.59 Å². The van der Waals surface area contributed by atoms with Gasteiger partial charge >= 0.3 is 11.9 Å². The van der Waals surface area contributed by atoms with Gasteiger partial charge in [-0.1, -0.05) is 0 Å². The molecule has 0 heterocycles. The summed E-state index contributed by atoms with van der Waals surface area (Å²) in [6.07, 6.45) is 1.43. The van der Waals surface area contributed by atoms with Crippen LogP contribution in [0.2, 0.25) is 0 Å². The third-order valence-electron chi connectivity index (χ3n) is 1.62. The van der Waals surface area contributed by atoms with Crippen molar-refractivity contribution in [3.63, 3.8) is 0 Å². The predicted octanol–water partition coefficient (Wildman–Crippen LogP) is 1.34. The van der Waals surface area contributed by atoms with Gasteiger partial charge in [-0.05, 0) is 20.3 Å². The van der Waals surface area contributed by atoms with Crippen molar-refractivity contribution in [2.45, 2.75) is 26.7 Å². The van der Waals surface area contributed by atoms with Crippen LogP contribution in [0.25, 0.3) is 0 Å². The molecule has 0 unspecified atom stereocenters. The quantitative estimate of drug-likeness (QED) is 0.503. The Bertz CT molecular complexity index is 314. The van der Waals surface area contributed by atoms with Gasteiger partial charge in [0.1, 0.15) is 0 Å². The van der Waals surface area contributed by atoms with E-state index < -0.39 is 11.9 Å². The Kier molecular flexibility index (Phi) is 7.51. The van der Waals surface area contributed by atoms with E-state index in [-0.39, 0.29) is 31.6 Å². The van der Waals surface area contributed by atoms with Crippen molar-refractivity contribution in [1.82, 2.24) is 0 Å². The van der Waals surface area contributed by atoms with Crippen LogP contribution in [0.3, 0.4) is 0 Å². The van der Waals surface area contributed by atoms with Gasteiger partial charge in [0, 0.05) is 18.1 Å². The van der Waals surface area contributed by atoms with Crippen molar-refractivity contribution in [3.8, 4) is 6.07 Å². The van der Waals surface area contributed by atoms with Crippen molar-refractivity contribution in [2.24, 2.45) is 0 Å². The number of rotatable bonds is 6. The zero-order chi connectivity index (χ0) is 12.4. The minimum atomic E-state index is -0.594. The monoisotopic (exact) mass is 225 g/mol. The first-order chi connectivity index (χ1) is 7.65. The van der Waals surface area contributed by atoms with E-state index in [4.69, 9.17) is 10.00 Å². The van der Waals surface area contributed by atoms with Gasteiger partial charge in [0.25, 0.3) is 0 Å². The van der Waals surface area contributed by atoms with Crippen molar-refractivity contribution >= 4 is 11.9 Å². The highest BCUT2D eigenvalue weighted by atomic mass is 16.5. The van der Waals surface area contributed by atoms with Crippen molar-refractivity contribution in [2.75, 3.05) is 13.2 Å². The largest absolute Gasteiger partial charge is 0.463 e. The highest BCUT2D eigenvalue weighted by Crippen LogP contribution is 2.07. The Morgan fingerprint density at radius 1 is 1.25 bits per heavy atom. The van der Waals surface area contributed by atoms with Crippen LogP contribution in [0.1, 0.15) is 26.7 Å². The van der Waals surface area contributed by atoms with Crippen LogP contribution >= 0.6 is 0 Å². The number of nitriles is 1. The van der Waals surface area contributed by atoms with Gasteiger partial charge in [0.05, 0.1) is 19.3 Å². The van der Waals surface area contributed by atoms with E-state index in [2.05, 4.69) is 4.74 Å². The lowest BCUT2D eigenvalue weighted by molar-refractivity contribution is -0.141. The molecule has 0 aliphatic heterocycles. The second-order valence-electron chi connectivity index (χ2n) is 2.80. The third-order valence-corrected chi connectivity index (χ3v) is 1.62. The summed E-state index contributed by atoms with van der Waals surface area (Å²) in [4.78, 5) is 22.5. The predicted molar refractivity (Wildman–Crippen MR) is 56.2 cm³/mol. The Morgan fingerprint density at radius 2 is 1.88 bits per heavy atom. The summed E-state index contributed by atoms with van der Waals surface area (Å²) < 4.78 is 9.43. The van der Waals surface area contributed by atoms with Crippen LogP contribution < -0.4 is 0 Å². The first kappa shape index (κ1) is 14.2. The number of hydrogen-bond acceptors (Lipinski definition) is 5. The van der Waals surface area contributed by atoms with E-state index in [0.717, 1.165) is 6.08 Å². The maximum absolute atomic E-state index is 11.4. The zero-order valence-corrected chi connectivity index (χ0v) is 9.49. The molecule has 0 aliphatic rings. The summed E-state index contributed by atoms with van der Waals surface area (Å²) in [5, 5.41) is 8.42. The van der Waals surface area contributed by atoms with Gasteiger partial charge in [-0.25, -0.2) is 9.59 Å². The van der Waals surface area contributed by atoms with E-state index >= 15 is 0 Å². The molecule has 0 atom stereocenters. The summed E-state index contributed by atoms with van der Waals surface area (Å²) in [6.45, 7) is 3.81. The molecule has 5 heteroatoms. The molecule has 0 spiro atoms. The van der Waals surface area contributed by atoms with Crippen molar-refractivity contribution in [3.05, 3.63) is 11.6 Å². The number of ether oxygens (including phenoxy) is 2. The van der Waals surface area contributed by atoms with Gasteiger partial charge < -0.3 is 9.47 Å². The first-order valence-electron chi connectivity index (χ1n) is 5.07. The molecule has 5 nitrogen and oxygen atoms in total. The third kappa shape index (κ3) is 5.81. The summed E-state index contributed by atoms with van der Waals surface area (Å²) in [5.41, 5.74) is 0.168. The highest BCUT2D eigenvalue weighted by molar-refractivity contribution is 5.96. The standard InChI is InChI=1S/C11H15NO4/c1-3-15-10(13)8-9(6-5-7-12)11(14)16-4-2/h8H,3-6H2,1-2H3/b9-8-. The van der Waals surface area contributed by atoms with E-state index in [0.29, 0.717) is 0 Å². The molecule has 0 saturated carbocycles. The number of carbonyl (C=O) groups is 2. The molecule has 0 aliphatic carbocycles. The Hall–Kier alpha value is -1.83. The molecule has 0 rings (SSSR count). The first-order valence-corrected chi connectivity index (χ1v) is 5.07. The Labute approximate surface area is 94.6 Å². The van der Waals surface area contributed by atoms with Gasteiger partial charge in [-0.2, -0.15) is 5.26 Å². The number of esters is 2. The van der Waals surface area contributed by atoms with Crippen LogP contribution in [-0.4, -0.2) is 25.2 Å². The minimum Gasteiger partial charge on any atom is -0.463 e. The second-order valence-corrected chi connectivity index (χ2v) is 2.80. The molecular formula is C11H15NO4. The molecule has 0 fully saturated rings. The lowest BCUT2D eigenvalue weighted by Gasteiger charge is -2.04. The zero-order valence-electron chi connectivity index (χ0n) is 9.49. The fraction of sp³-hybridized carbons (Fsp3) is 0.545. The summed E-state index contributed by atoms with van der Waals surface area (Å²) in [6, 6.07) is 1.90. The SMILES string of the molecule is CCOC(=O)/C=C(/CCC#N)C(=O)OCC. The van der Waals surface area contributed by atoms with Crippen molar-refractivity contribution in [1.29, 1.82) is 5.26 Å². The normalized spacial score (nSPS) is 10.4. The summed E-state index contributed by atoms with van der Waals surface area (Å²) >= 11 is 0. The van der Waals surface area contributed by atoms with Crippen LogP contribution in [0, 0.1) is 11.3 Å². The molecule has 16 heavy (non-hydrogen) atoms. The molecule has 0 aromatic heterocycles. The maximum Gasteiger partial charge on any atom is 0.334 e. The number of hydrogen-bond donors (Lipinski definition) is 0. The molecular weight excluding hydrogens is 210 g/mol. The lowest BCUT2D eigenvalue weighted by Crippen LogP contribution is -2.11.